The number of nitrogens with one attached hydrogen (secondary N) is 1. The van der Waals surface area contributed by atoms with Crippen molar-refractivity contribution in [3.63, 3.8) is 0 Å². The molecule has 28 heavy (non-hydrogen) atoms. The number of carbonyl (C=O) groups is 1. The van der Waals surface area contributed by atoms with E-state index in [1.54, 1.807) is 24.5 Å². The minimum atomic E-state index is -0.197. The molecule has 9 heteroatoms. The first-order chi connectivity index (χ1) is 13.6. The van der Waals surface area contributed by atoms with Gasteiger partial charge >= 0.3 is 0 Å². The Morgan fingerprint density at radius 3 is 3.04 bits per heavy atom. The maximum absolute atomic E-state index is 12.4. The lowest BCUT2D eigenvalue weighted by Gasteiger charge is -2.17. The highest BCUT2D eigenvalue weighted by Crippen LogP contribution is 2.39. The Kier molecular flexibility index (Phi) is 5.41. The van der Waals surface area contributed by atoms with Crippen LogP contribution in [0.4, 0.5) is 5.00 Å². The van der Waals surface area contributed by atoms with Gasteiger partial charge in [0.2, 0.25) is 11.8 Å². The molecule has 0 aromatic carbocycles. The van der Waals surface area contributed by atoms with Crippen LogP contribution in [0.5, 0.6) is 0 Å². The van der Waals surface area contributed by atoms with Crippen LogP contribution < -0.4 is 5.32 Å². The molecule has 0 fully saturated rings. The number of nitriles is 1. The van der Waals surface area contributed by atoms with Gasteiger partial charge in [-0.05, 0) is 42.9 Å². The lowest BCUT2D eigenvalue weighted by atomic mass is 9.89. The Bertz CT molecular complexity index is 1040. The second-order valence-corrected chi connectivity index (χ2v) is 8.65. The second kappa shape index (κ2) is 8.12. The molecule has 7 nitrogen and oxygen atoms in total. The summed E-state index contributed by atoms with van der Waals surface area (Å²) < 4.78 is 5.58. The van der Waals surface area contributed by atoms with E-state index in [1.165, 1.54) is 28.0 Å². The fourth-order valence-electron chi connectivity index (χ4n) is 3.13. The molecule has 0 saturated heterocycles. The Morgan fingerprint density at radius 2 is 2.25 bits per heavy atom. The predicted octanol–water partition coefficient (Wildman–Crippen LogP) is 3.92. The monoisotopic (exact) mass is 411 g/mol. The number of hydrogen-bond donors (Lipinski definition) is 1. The SMILES string of the molecule is CC1CCc2c(sc(NC(=O)CSc3nnc(-c4ccncc4)o3)c2C#N)C1. The number of amides is 1. The molecule has 1 N–H and O–H groups in total. The number of thioether (sulfide) groups is 1. The largest absolute Gasteiger partial charge is 0.411 e. The highest BCUT2D eigenvalue weighted by molar-refractivity contribution is 7.99. The molecule has 142 valence electrons. The molecule has 0 bridgehead atoms. The molecule has 0 saturated carbocycles. The van der Waals surface area contributed by atoms with Crippen LogP contribution in [0, 0.1) is 17.2 Å². The van der Waals surface area contributed by atoms with Crippen molar-refractivity contribution in [2.75, 3.05) is 11.1 Å². The first-order valence-electron chi connectivity index (χ1n) is 8.85. The molecule has 4 rings (SSSR count). The van der Waals surface area contributed by atoms with E-state index in [-0.39, 0.29) is 11.7 Å². The fourth-order valence-corrected chi connectivity index (χ4v) is 5.07. The molecule has 3 aromatic heterocycles. The topological polar surface area (TPSA) is 105 Å². The zero-order valence-electron chi connectivity index (χ0n) is 15.1. The van der Waals surface area contributed by atoms with Crippen LogP contribution in [0.1, 0.15) is 29.3 Å². The summed E-state index contributed by atoms with van der Waals surface area (Å²) in [6.45, 7) is 2.22. The average molecular weight is 412 g/mol. The maximum Gasteiger partial charge on any atom is 0.277 e. The van der Waals surface area contributed by atoms with Crippen molar-refractivity contribution in [3.05, 3.63) is 40.5 Å². The van der Waals surface area contributed by atoms with Crippen molar-refractivity contribution in [2.45, 2.75) is 31.4 Å². The zero-order chi connectivity index (χ0) is 19.5. The van der Waals surface area contributed by atoms with Gasteiger partial charge < -0.3 is 9.73 Å². The van der Waals surface area contributed by atoms with E-state index in [0.717, 1.165) is 30.4 Å². The summed E-state index contributed by atoms with van der Waals surface area (Å²) in [5.74, 6) is 0.930. The van der Waals surface area contributed by atoms with Gasteiger partial charge in [-0.2, -0.15) is 5.26 Å². The molecule has 0 radical (unpaired) electrons. The Labute approximate surface area is 170 Å². The Hall–Kier alpha value is -2.70. The van der Waals surface area contributed by atoms with Gasteiger partial charge in [0.1, 0.15) is 11.1 Å². The molecular weight excluding hydrogens is 394 g/mol. The average Bonchev–Trinajstić information content (AvgIpc) is 3.31. The lowest BCUT2D eigenvalue weighted by molar-refractivity contribution is -0.113. The molecular formula is C19H17N5O2S2. The summed E-state index contributed by atoms with van der Waals surface area (Å²) in [5.41, 5.74) is 2.49. The molecule has 3 aromatic rings. The number of carbonyl (C=O) groups excluding carboxylic acids is 1. The smallest absolute Gasteiger partial charge is 0.277 e. The zero-order valence-corrected chi connectivity index (χ0v) is 16.8. The molecule has 1 aliphatic rings. The molecule has 1 atom stereocenters. The quantitative estimate of drug-likeness (QED) is 0.634. The lowest BCUT2D eigenvalue weighted by Crippen LogP contribution is -2.14. The number of hydrogen-bond acceptors (Lipinski definition) is 8. The van der Waals surface area contributed by atoms with Crippen LogP contribution in [0.2, 0.25) is 0 Å². The van der Waals surface area contributed by atoms with Gasteiger partial charge in [0.05, 0.1) is 11.3 Å². The van der Waals surface area contributed by atoms with Crippen LogP contribution in [0.25, 0.3) is 11.5 Å². The van der Waals surface area contributed by atoms with Crippen LogP contribution in [-0.4, -0.2) is 26.8 Å². The van der Waals surface area contributed by atoms with Crippen LogP contribution in [0.15, 0.2) is 34.2 Å². The first kappa shape index (κ1) is 18.7. The van der Waals surface area contributed by atoms with Crippen molar-refractivity contribution >= 4 is 34.0 Å². The Morgan fingerprint density at radius 1 is 1.43 bits per heavy atom. The number of nitrogens with zero attached hydrogens (tertiary/aromatic N) is 4. The summed E-state index contributed by atoms with van der Waals surface area (Å²) in [6, 6.07) is 5.81. The third kappa shape index (κ3) is 3.93. The van der Waals surface area contributed by atoms with Gasteiger partial charge in [-0.3, -0.25) is 9.78 Å². The minimum absolute atomic E-state index is 0.127. The summed E-state index contributed by atoms with van der Waals surface area (Å²) >= 11 is 2.69. The van der Waals surface area contributed by atoms with E-state index < -0.39 is 0 Å². The minimum Gasteiger partial charge on any atom is -0.411 e. The van der Waals surface area contributed by atoms with Gasteiger partial charge in [0.25, 0.3) is 5.22 Å². The van der Waals surface area contributed by atoms with Crippen molar-refractivity contribution in [2.24, 2.45) is 5.92 Å². The standard InChI is InChI=1S/C19H17N5O2S2/c1-11-2-3-13-14(9-20)18(28-15(13)8-11)22-16(25)10-27-19-24-23-17(26-19)12-4-6-21-7-5-12/h4-7,11H,2-3,8,10H2,1H3,(H,22,25). The fraction of sp³-hybridized carbons (Fsp3) is 0.316. The molecule has 3 heterocycles. The van der Waals surface area contributed by atoms with E-state index >= 15 is 0 Å². The Balaban J connectivity index is 1.39. The normalized spacial score (nSPS) is 15.6. The predicted molar refractivity (Wildman–Crippen MR) is 107 cm³/mol. The first-order valence-corrected chi connectivity index (χ1v) is 10.7. The number of thiophene rings is 1. The van der Waals surface area contributed by atoms with E-state index in [4.69, 9.17) is 4.42 Å². The maximum atomic E-state index is 12.4. The number of aromatic nitrogens is 3. The van der Waals surface area contributed by atoms with Crippen LogP contribution in [0.3, 0.4) is 0 Å². The third-order valence-corrected chi connectivity index (χ3v) is 6.53. The van der Waals surface area contributed by atoms with Crippen LogP contribution in [-0.2, 0) is 17.6 Å². The van der Waals surface area contributed by atoms with Gasteiger partial charge in [-0.25, -0.2) is 0 Å². The number of rotatable bonds is 5. The number of pyridine rings is 1. The highest BCUT2D eigenvalue weighted by atomic mass is 32.2. The molecule has 1 aliphatic carbocycles. The highest BCUT2D eigenvalue weighted by Gasteiger charge is 2.24. The van der Waals surface area contributed by atoms with E-state index in [2.05, 4.69) is 33.5 Å². The van der Waals surface area contributed by atoms with Gasteiger partial charge in [-0.15, -0.1) is 21.5 Å². The summed E-state index contributed by atoms with van der Waals surface area (Å²) in [4.78, 5) is 17.5. The van der Waals surface area contributed by atoms with E-state index in [0.29, 0.717) is 27.6 Å². The van der Waals surface area contributed by atoms with Gasteiger partial charge in [0.15, 0.2) is 0 Å². The van der Waals surface area contributed by atoms with Crippen molar-refractivity contribution in [1.82, 2.24) is 15.2 Å². The second-order valence-electron chi connectivity index (χ2n) is 6.61. The van der Waals surface area contributed by atoms with Gasteiger partial charge in [0, 0.05) is 22.8 Å². The van der Waals surface area contributed by atoms with Crippen molar-refractivity contribution in [3.8, 4) is 17.5 Å². The molecule has 0 spiro atoms. The number of fused-ring (bicyclic) bond motifs is 1. The summed E-state index contributed by atoms with van der Waals surface area (Å²) in [6.07, 6.45) is 6.25. The van der Waals surface area contributed by atoms with Crippen molar-refractivity contribution in [1.29, 1.82) is 5.26 Å². The van der Waals surface area contributed by atoms with Crippen molar-refractivity contribution < 1.29 is 9.21 Å². The van der Waals surface area contributed by atoms with E-state index in [9.17, 15) is 10.1 Å². The van der Waals surface area contributed by atoms with Crippen LogP contribution >= 0.6 is 23.1 Å². The van der Waals surface area contributed by atoms with Gasteiger partial charge in [-0.1, -0.05) is 18.7 Å². The third-order valence-electron chi connectivity index (χ3n) is 4.54. The summed E-state index contributed by atoms with van der Waals surface area (Å²) in [5, 5.41) is 21.3. The molecule has 1 unspecified atom stereocenters. The number of anilines is 1. The summed E-state index contributed by atoms with van der Waals surface area (Å²) in [7, 11) is 0. The molecule has 0 aliphatic heterocycles. The van der Waals surface area contributed by atoms with E-state index in [1.807, 2.05) is 0 Å². The molecule has 1 amide bonds.